The summed E-state index contributed by atoms with van der Waals surface area (Å²) in [6, 6.07) is 17.9. The fraction of sp³-hybridized carbons (Fsp3) is 0.273. The summed E-state index contributed by atoms with van der Waals surface area (Å²) in [5.41, 5.74) is 2.04. The van der Waals surface area contributed by atoms with Crippen LogP contribution in [0.4, 0.5) is 5.95 Å². The van der Waals surface area contributed by atoms with E-state index in [2.05, 4.69) is 30.9 Å². The molecule has 148 valence electrons. The Morgan fingerprint density at radius 2 is 1.86 bits per heavy atom. The highest BCUT2D eigenvalue weighted by Gasteiger charge is 2.40. The van der Waals surface area contributed by atoms with Gasteiger partial charge in [-0.15, -0.1) is 0 Å². The average molecular weight is 453 g/mol. The molecule has 2 atom stereocenters. The fourth-order valence-electron chi connectivity index (χ4n) is 3.67. The minimum Gasteiger partial charge on any atom is -0.466 e. The standard InChI is InChI=1S/C22H21BrN4O2/c1-2-29-21(28)19-13-27(12-18(19)15-8-10-17(23)11-9-15)22-25-14-24-20(26-22)16-6-4-3-5-7-16/h3-11,14,18-19H,2,12-13H2,1H3/t18-,19+/m1/s1. The van der Waals surface area contributed by atoms with Crippen LogP contribution in [0.3, 0.4) is 0 Å². The van der Waals surface area contributed by atoms with E-state index in [-0.39, 0.29) is 17.8 Å². The van der Waals surface area contributed by atoms with Crippen molar-refractivity contribution in [1.82, 2.24) is 15.0 Å². The van der Waals surface area contributed by atoms with Crippen LogP contribution in [0.15, 0.2) is 65.4 Å². The molecule has 1 aliphatic rings. The molecule has 0 spiro atoms. The molecule has 0 saturated carbocycles. The van der Waals surface area contributed by atoms with Crippen LogP contribution in [0.1, 0.15) is 18.4 Å². The van der Waals surface area contributed by atoms with Crippen LogP contribution >= 0.6 is 15.9 Å². The van der Waals surface area contributed by atoms with Crippen molar-refractivity contribution in [2.24, 2.45) is 5.92 Å². The number of ether oxygens (including phenoxy) is 1. The molecule has 0 bridgehead atoms. The third-order valence-electron chi connectivity index (χ3n) is 5.08. The Morgan fingerprint density at radius 3 is 2.59 bits per heavy atom. The maximum Gasteiger partial charge on any atom is 0.311 e. The van der Waals surface area contributed by atoms with Crippen LogP contribution in [0.25, 0.3) is 11.4 Å². The van der Waals surface area contributed by atoms with E-state index in [4.69, 9.17) is 4.74 Å². The molecule has 0 amide bonds. The second-order valence-electron chi connectivity index (χ2n) is 6.90. The Morgan fingerprint density at radius 1 is 1.10 bits per heavy atom. The van der Waals surface area contributed by atoms with Gasteiger partial charge in [0.15, 0.2) is 5.82 Å². The van der Waals surface area contributed by atoms with E-state index in [0.717, 1.165) is 15.6 Å². The number of hydrogen-bond acceptors (Lipinski definition) is 6. The maximum atomic E-state index is 12.6. The monoisotopic (exact) mass is 452 g/mol. The van der Waals surface area contributed by atoms with E-state index in [9.17, 15) is 4.79 Å². The number of anilines is 1. The number of halogens is 1. The molecule has 0 aliphatic carbocycles. The van der Waals surface area contributed by atoms with Gasteiger partial charge in [0.1, 0.15) is 6.33 Å². The normalized spacial score (nSPS) is 18.6. The Hall–Kier alpha value is -2.80. The van der Waals surface area contributed by atoms with Crippen molar-refractivity contribution in [3.63, 3.8) is 0 Å². The predicted octanol–water partition coefficient (Wildman–Crippen LogP) is 4.08. The molecule has 1 aliphatic heterocycles. The molecule has 2 heterocycles. The molecule has 3 aromatic rings. The quantitative estimate of drug-likeness (QED) is 0.543. The van der Waals surface area contributed by atoms with Gasteiger partial charge < -0.3 is 9.64 Å². The highest BCUT2D eigenvalue weighted by molar-refractivity contribution is 9.10. The summed E-state index contributed by atoms with van der Waals surface area (Å²) < 4.78 is 6.36. The summed E-state index contributed by atoms with van der Waals surface area (Å²) >= 11 is 3.47. The lowest BCUT2D eigenvalue weighted by molar-refractivity contribution is -0.147. The topological polar surface area (TPSA) is 68.2 Å². The first-order chi connectivity index (χ1) is 14.2. The van der Waals surface area contributed by atoms with Crippen LogP contribution in [0, 0.1) is 5.92 Å². The van der Waals surface area contributed by atoms with Gasteiger partial charge >= 0.3 is 5.97 Å². The van der Waals surface area contributed by atoms with Crippen LogP contribution < -0.4 is 4.90 Å². The van der Waals surface area contributed by atoms with Gasteiger partial charge in [-0.1, -0.05) is 58.4 Å². The van der Waals surface area contributed by atoms with Gasteiger partial charge in [-0.05, 0) is 24.6 Å². The van der Waals surface area contributed by atoms with Gasteiger partial charge in [0.25, 0.3) is 0 Å². The third kappa shape index (κ3) is 4.29. The minimum atomic E-state index is -0.270. The lowest BCUT2D eigenvalue weighted by Crippen LogP contribution is -2.26. The number of hydrogen-bond donors (Lipinski definition) is 0. The molecule has 0 unspecified atom stereocenters. The van der Waals surface area contributed by atoms with Crippen molar-refractivity contribution >= 4 is 27.8 Å². The molecular formula is C22H21BrN4O2. The average Bonchev–Trinajstić information content (AvgIpc) is 3.21. The van der Waals surface area contributed by atoms with E-state index in [0.29, 0.717) is 31.5 Å². The molecule has 0 radical (unpaired) electrons. The summed E-state index contributed by atoms with van der Waals surface area (Å²) in [5.74, 6) is 0.760. The Balaban J connectivity index is 1.63. The fourth-order valence-corrected chi connectivity index (χ4v) is 3.93. The summed E-state index contributed by atoms with van der Waals surface area (Å²) in [5, 5.41) is 0. The van der Waals surface area contributed by atoms with Crippen molar-refractivity contribution in [3.05, 3.63) is 71.0 Å². The summed E-state index contributed by atoms with van der Waals surface area (Å²) in [4.78, 5) is 28.0. The molecule has 1 saturated heterocycles. The number of rotatable bonds is 5. The summed E-state index contributed by atoms with van der Waals surface area (Å²) in [7, 11) is 0. The van der Waals surface area contributed by atoms with E-state index in [1.165, 1.54) is 6.33 Å². The smallest absolute Gasteiger partial charge is 0.311 e. The van der Waals surface area contributed by atoms with Gasteiger partial charge in [-0.25, -0.2) is 9.97 Å². The minimum absolute atomic E-state index is 0.0130. The maximum absolute atomic E-state index is 12.6. The van der Waals surface area contributed by atoms with Gasteiger partial charge in [0.05, 0.1) is 12.5 Å². The largest absolute Gasteiger partial charge is 0.466 e. The van der Waals surface area contributed by atoms with Gasteiger partial charge in [0, 0.05) is 29.0 Å². The Kier molecular flexibility index (Phi) is 5.85. The number of nitrogens with zero attached hydrogens (tertiary/aromatic N) is 4. The van der Waals surface area contributed by atoms with Crippen LogP contribution in [0.2, 0.25) is 0 Å². The second-order valence-corrected chi connectivity index (χ2v) is 7.81. The molecule has 2 aromatic carbocycles. The highest BCUT2D eigenvalue weighted by Crippen LogP contribution is 2.35. The molecule has 6 nitrogen and oxygen atoms in total. The van der Waals surface area contributed by atoms with Gasteiger partial charge in [0.2, 0.25) is 5.95 Å². The van der Waals surface area contributed by atoms with Crippen LogP contribution in [0.5, 0.6) is 0 Å². The molecule has 1 aromatic heterocycles. The van der Waals surface area contributed by atoms with E-state index < -0.39 is 0 Å². The lowest BCUT2D eigenvalue weighted by Gasteiger charge is -2.17. The number of aromatic nitrogens is 3. The van der Waals surface area contributed by atoms with Crippen molar-refractivity contribution in [3.8, 4) is 11.4 Å². The number of benzene rings is 2. The zero-order valence-corrected chi connectivity index (χ0v) is 17.6. The van der Waals surface area contributed by atoms with Gasteiger partial charge in [-0.3, -0.25) is 4.79 Å². The molecule has 7 heteroatoms. The van der Waals surface area contributed by atoms with Crippen molar-refractivity contribution < 1.29 is 9.53 Å². The Labute approximate surface area is 178 Å². The molecular weight excluding hydrogens is 432 g/mol. The first kappa shape index (κ1) is 19.5. The molecule has 4 rings (SSSR count). The third-order valence-corrected chi connectivity index (χ3v) is 5.61. The van der Waals surface area contributed by atoms with E-state index in [1.54, 1.807) is 0 Å². The Bertz CT molecular complexity index is 982. The van der Waals surface area contributed by atoms with Crippen LogP contribution in [-0.4, -0.2) is 40.6 Å². The molecule has 29 heavy (non-hydrogen) atoms. The predicted molar refractivity (Wildman–Crippen MR) is 114 cm³/mol. The lowest BCUT2D eigenvalue weighted by atomic mass is 9.89. The summed E-state index contributed by atoms with van der Waals surface area (Å²) in [6.07, 6.45) is 1.52. The summed E-state index contributed by atoms with van der Waals surface area (Å²) in [6.45, 7) is 3.35. The van der Waals surface area contributed by atoms with Gasteiger partial charge in [-0.2, -0.15) is 4.98 Å². The van der Waals surface area contributed by atoms with Crippen molar-refractivity contribution in [2.45, 2.75) is 12.8 Å². The first-order valence-corrected chi connectivity index (χ1v) is 10.4. The first-order valence-electron chi connectivity index (χ1n) is 9.57. The van der Waals surface area contributed by atoms with Crippen LogP contribution in [-0.2, 0) is 9.53 Å². The number of carbonyl (C=O) groups is 1. The highest BCUT2D eigenvalue weighted by atomic mass is 79.9. The zero-order valence-electron chi connectivity index (χ0n) is 16.0. The van der Waals surface area contributed by atoms with Crippen molar-refractivity contribution in [1.29, 1.82) is 0 Å². The van der Waals surface area contributed by atoms with E-state index in [1.807, 2.05) is 66.4 Å². The molecule has 0 N–H and O–H groups in total. The van der Waals surface area contributed by atoms with E-state index >= 15 is 0 Å². The second kappa shape index (κ2) is 8.69. The number of esters is 1. The molecule has 1 fully saturated rings. The van der Waals surface area contributed by atoms with Crippen molar-refractivity contribution in [2.75, 3.05) is 24.6 Å². The number of carbonyl (C=O) groups excluding carboxylic acids is 1. The SMILES string of the molecule is CCOC(=O)[C@H]1CN(c2ncnc(-c3ccccc3)n2)C[C@@H]1c1ccc(Br)cc1. The zero-order chi connectivity index (χ0) is 20.2.